The van der Waals surface area contributed by atoms with Crippen LogP contribution in [-0.2, 0) is 19.5 Å². The molecule has 160 valence electrons. The second-order valence-corrected chi connectivity index (χ2v) is 8.40. The summed E-state index contributed by atoms with van der Waals surface area (Å²) in [6.45, 7) is 1.51. The molecule has 0 radical (unpaired) electrons. The van der Waals surface area contributed by atoms with Crippen LogP contribution >= 0.6 is 11.3 Å². The molecule has 0 bridgehead atoms. The zero-order valence-electron chi connectivity index (χ0n) is 17.5. The van der Waals surface area contributed by atoms with Gasteiger partial charge in [-0.1, -0.05) is 18.2 Å². The van der Waals surface area contributed by atoms with E-state index in [2.05, 4.69) is 5.32 Å². The van der Waals surface area contributed by atoms with Crippen molar-refractivity contribution in [2.45, 2.75) is 19.5 Å². The third kappa shape index (κ3) is 4.56. The molecule has 0 saturated carbocycles. The summed E-state index contributed by atoms with van der Waals surface area (Å²) < 4.78 is 10.6. The Balaban J connectivity index is 1.43. The Hall–Kier alpha value is -3.32. The van der Waals surface area contributed by atoms with E-state index >= 15 is 0 Å². The Labute approximate surface area is 185 Å². The average Bonchev–Trinajstić information content (AvgIpc) is 3.26. The van der Waals surface area contributed by atoms with Crippen molar-refractivity contribution < 1.29 is 19.1 Å². The van der Waals surface area contributed by atoms with E-state index in [0.29, 0.717) is 41.6 Å². The van der Waals surface area contributed by atoms with E-state index < -0.39 is 0 Å². The van der Waals surface area contributed by atoms with Crippen LogP contribution in [0.1, 0.15) is 36.0 Å². The Kier molecular flexibility index (Phi) is 6.23. The monoisotopic (exact) mass is 436 g/mol. The number of carbonyl (C=O) groups is 2. The number of hydrogen-bond acceptors (Lipinski definition) is 5. The lowest BCUT2D eigenvalue weighted by atomic mass is 10.1. The first kappa shape index (κ1) is 20.9. The number of amides is 2. The van der Waals surface area contributed by atoms with Gasteiger partial charge in [0.1, 0.15) is 11.5 Å². The van der Waals surface area contributed by atoms with Crippen molar-refractivity contribution in [3.05, 3.63) is 81.0 Å². The minimum absolute atomic E-state index is 0.0218. The molecule has 1 N–H and O–H groups in total. The summed E-state index contributed by atoms with van der Waals surface area (Å²) >= 11 is 1.50. The zero-order valence-corrected chi connectivity index (χ0v) is 18.3. The molecule has 2 amide bonds. The number of ether oxygens (including phenoxy) is 2. The van der Waals surface area contributed by atoms with Gasteiger partial charge in [-0.25, -0.2) is 0 Å². The highest BCUT2D eigenvalue weighted by Gasteiger charge is 2.25. The molecule has 3 aromatic rings. The van der Waals surface area contributed by atoms with Gasteiger partial charge in [-0.2, -0.15) is 0 Å². The van der Waals surface area contributed by atoms with Crippen LogP contribution in [0.2, 0.25) is 0 Å². The van der Waals surface area contributed by atoms with E-state index in [4.69, 9.17) is 9.47 Å². The molecule has 4 rings (SSSR count). The number of fused-ring (bicyclic) bond motifs is 1. The second-order valence-electron chi connectivity index (χ2n) is 7.26. The molecule has 7 heteroatoms. The molecule has 1 aliphatic heterocycles. The molecule has 0 atom stereocenters. The minimum Gasteiger partial charge on any atom is -0.497 e. The fourth-order valence-corrected chi connectivity index (χ4v) is 4.74. The van der Waals surface area contributed by atoms with E-state index in [-0.39, 0.29) is 11.8 Å². The first-order chi connectivity index (χ1) is 15.1. The van der Waals surface area contributed by atoms with E-state index in [9.17, 15) is 9.59 Å². The van der Waals surface area contributed by atoms with Gasteiger partial charge in [0.2, 0.25) is 0 Å². The summed E-state index contributed by atoms with van der Waals surface area (Å²) in [7, 11) is 3.20. The molecule has 6 nitrogen and oxygen atoms in total. The van der Waals surface area contributed by atoms with Gasteiger partial charge in [-0.05, 0) is 48.4 Å². The topological polar surface area (TPSA) is 67.9 Å². The lowest BCUT2D eigenvalue weighted by molar-refractivity contribution is 0.0736. The van der Waals surface area contributed by atoms with Crippen LogP contribution in [0.25, 0.3) is 0 Å². The van der Waals surface area contributed by atoms with Crippen LogP contribution < -0.4 is 14.8 Å². The average molecular weight is 437 g/mol. The number of hydrogen-bond donors (Lipinski definition) is 1. The quantitative estimate of drug-likeness (QED) is 0.637. The highest BCUT2D eigenvalue weighted by atomic mass is 32.1. The molecule has 0 spiro atoms. The molecule has 2 aromatic carbocycles. The molecular formula is C24H24N2O4S. The van der Waals surface area contributed by atoms with Gasteiger partial charge in [-0.3, -0.25) is 9.59 Å². The van der Waals surface area contributed by atoms with Crippen molar-refractivity contribution in [3.8, 4) is 11.5 Å². The number of nitrogens with zero attached hydrogens (tertiary/aromatic N) is 1. The SMILES string of the molecule is COc1ccc(OC)c(CNC(=O)c2cc3c(s2)CCN(C(=O)c2ccccc2)C3)c1. The third-order valence-corrected chi connectivity index (χ3v) is 6.56. The first-order valence-electron chi connectivity index (χ1n) is 10.0. The Morgan fingerprint density at radius 2 is 1.87 bits per heavy atom. The lowest BCUT2D eigenvalue weighted by Crippen LogP contribution is -2.35. The predicted molar refractivity (Wildman–Crippen MR) is 120 cm³/mol. The number of rotatable bonds is 6. The molecule has 0 saturated heterocycles. The van der Waals surface area contributed by atoms with Gasteiger partial charge in [0.25, 0.3) is 11.8 Å². The summed E-state index contributed by atoms with van der Waals surface area (Å²) in [6, 6.07) is 16.7. The normalized spacial score (nSPS) is 12.8. The number of benzene rings is 2. The highest BCUT2D eigenvalue weighted by molar-refractivity contribution is 7.14. The summed E-state index contributed by atoms with van der Waals surface area (Å²) in [5.41, 5.74) is 2.58. The second kappa shape index (κ2) is 9.22. The van der Waals surface area contributed by atoms with Gasteiger partial charge in [0, 0.05) is 35.6 Å². The predicted octanol–water partition coefficient (Wildman–Crippen LogP) is 3.89. The summed E-state index contributed by atoms with van der Waals surface area (Å²) in [5.74, 6) is 1.29. The van der Waals surface area contributed by atoms with Gasteiger partial charge >= 0.3 is 0 Å². The third-order valence-electron chi connectivity index (χ3n) is 5.33. The van der Waals surface area contributed by atoms with E-state index in [1.807, 2.05) is 59.5 Å². The smallest absolute Gasteiger partial charge is 0.261 e. The Morgan fingerprint density at radius 1 is 1.06 bits per heavy atom. The molecule has 2 heterocycles. The summed E-state index contributed by atoms with van der Waals surface area (Å²) in [6.07, 6.45) is 0.759. The maximum atomic E-state index is 12.8. The Bertz CT molecular complexity index is 1090. The van der Waals surface area contributed by atoms with Crippen LogP contribution in [0.4, 0.5) is 0 Å². The van der Waals surface area contributed by atoms with Gasteiger partial charge < -0.3 is 19.7 Å². The molecular weight excluding hydrogens is 412 g/mol. The molecule has 0 fully saturated rings. The van der Waals surface area contributed by atoms with Crippen LogP contribution in [-0.4, -0.2) is 37.5 Å². The van der Waals surface area contributed by atoms with Crippen molar-refractivity contribution >= 4 is 23.2 Å². The Morgan fingerprint density at radius 3 is 2.61 bits per heavy atom. The van der Waals surface area contributed by atoms with Crippen molar-refractivity contribution in [2.24, 2.45) is 0 Å². The maximum Gasteiger partial charge on any atom is 0.261 e. The molecule has 1 aliphatic rings. The van der Waals surface area contributed by atoms with E-state index in [1.165, 1.54) is 16.2 Å². The number of methoxy groups -OCH3 is 2. The first-order valence-corrected chi connectivity index (χ1v) is 10.9. The highest BCUT2D eigenvalue weighted by Crippen LogP contribution is 2.29. The fourth-order valence-electron chi connectivity index (χ4n) is 3.66. The summed E-state index contributed by atoms with van der Waals surface area (Å²) in [4.78, 5) is 29.2. The molecule has 31 heavy (non-hydrogen) atoms. The zero-order chi connectivity index (χ0) is 21.8. The lowest BCUT2D eigenvalue weighted by Gasteiger charge is -2.27. The van der Waals surface area contributed by atoms with Crippen LogP contribution in [0.5, 0.6) is 11.5 Å². The van der Waals surface area contributed by atoms with Crippen LogP contribution in [0.15, 0.2) is 54.6 Å². The molecule has 0 aliphatic carbocycles. The number of nitrogens with one attached hydrogen (secondary N) is 1. The van der Waals surface area contributed by atoms with Gasteiger partial charge in [0.15, 0.2) is 0 Å². The number of thiophene rings is 1. The maximum absolute atomic E-state index is 12.8. The number of carbonyl (C=O) groups excluding carboxylic acids is 2. The van der Waals surface area contributed by atoms with Crippen molar-refractivity contribution in [1.82, 2.24) is 10.2 Å². The van der Waals surface area contributed by atoms with Crippen molar-refractivity contribution in [1.29, 1.82) is 0 Å². The van der Waals surface area contributed by atoms with Crippen LogP contribution in [0.3, 0.4) is 0 Å². The fraction of sp³-hybridized carbons (Fsp3) is 0.250. The van der Waals surface area contributed by atoms with Crippen molar-refractivity contribution in [2.75, 3.05) is 20.8 Å². The van der Waals surface area contributed by atoms with Gasteiger partial charge in [0.05, 0.1) is 19.1 Å². The standard InChI is InChI=1S/C24H24N2O4S/c1-29-19-8-9-20(30-2)17(12-19)14-25-23(27)22-13-18-15-26(11-10-21(18)31-22)24(28)16-6-4-3-5-7-16/h3-9,12-13H,10-11,14-15H2,1-2H3,(H,25,27). The van der Waals surface area contributed by atoms with E-state index in [1.54, 1.807) is 14.2 Å². The van der Waals surface area contributed by atoms with E-state index in [0.717, 1.165) is 17.5 Å². The minimum atomic E-state index is -0.134. The largest absolute Gasteiger partial charge is 0.497 e. The molecule has 1 aromatic heterocycles. The van der Waals surface area contributed by atoms with Crippen molar-refractivity contribution in [3.63, 3.8) is 0 Å². The van der Waals surface area contributed by atoms with Gasteiger partial charge in [-0.15, -0.1) is 11.3 Å². The summed E-state index contributed by atoms with van der Waals surface area (Å²) in [5, 5.41) is 2.97. The van der Waals surface area contributed by atoms with Crippen LogP contribution in [0, 0.1) is 0 Å². The molecule has 0 unspecified atom stereocenters.